The zero-order valence-electron chi connectivity index (χ0n) is 16.0. The normalized spacial score (nSPS) is 11.8. The molecule has 140 valence electrons. The number of amides is 1. The van der Waals surface area contributed by atoms with Gasteiger partial charge in [0.05, 0.1) is 6.26 Å². The van der Waals surface area contributed by atoms with Crippen molar-refractivity contribution in [3.63, 3.8) is 0 Å². The third kappa shape index (κ3) is 4.79. The van der Waals surface area contributed by atoms with Crippen molar-refractivity contribution in [2.24, 2.45) is 0 Å². The number of furan rings is 1. The summed E-state index contributed by atoms with van der Waals surface area (Å²) in [5, 5.41) is 2.98. The molecule has 3 rings (SSSR count). The topological polar surface area (TPSA) is 51.5 Å². The number of aryl methyl sites for hydroxylation is 2. The molecule has 1 N–H and O–H groups in total. The zero-order valence-corrected chi connectivity index (χ0v) is 16.0. The van der Waals surface area contributed by atoms with Crippen LogP contribution in [0.15, 0.2) is 65.3 Å². The van der Waals surface area contributed by atoms with Crippen LogP contribution < -0.4 is 10.1 Å². The van der Waals surface area contributed by atoms with Crippen LogP contribution in [-0.4, -0.2) is 12.5 Å². The van der Waals surface area contributed by atoms with Gasteiger partial charge in [0.15, 0.2) is 5.76 Å². The van der Waals surface area contributed by atoms with Crippen molar-refractivity contribution in [1.82, 2.24) is 5.32 Å². The summed E-state index contributed by atoms with van der Waals surface area (Å²) in [6.45, 7) is 7.12. The van der Waals surface area contributed by atoms with E-state index in [0.29, 0.717) is 12.3 Å². The Morgan fingerprint density at radius 1 is 1.11 bits per heavy atom. The van der Waals surface area contributed by atoms with E-state index in [-0.39, 0.29) is 18.4 Å². The lowest BCUT2D eigenvalue weighted by atomic mass is 9.94. The lowest BCUT2D eigenvalue weighted by Crippen LogP contribution is -2.28. The van der Waals surface area contributed by atoms with Crippen LogP contribution in [0.1, 0.15) is 45.7 Å². The average Bonchev–Trinajstić information content (AvgIpc) is 3.15. The maximum absolute atomic E-state index is 12.6. The van der Waals surface area contributed by atoms with Crippen LogP contribution in [-0.2, 0) is 6.61 Å². The number of rotatable bonds is 7. The molecule has 1 atom stereocenters. The van der Waals surface area contributed by atoms with Gasteiger partial charge in [0, 0.05) is 12.1 Å². The number of nitrogens with one attached hydrogen (secondary N) is 1. The molecule has 0 saturated heterocycles. The van der Waals surface area contributed by atoms with E-state index in [1.54, 1.807) is 6.07 Å². The number of ether oxygens (including phenoxy) is 1. The molecule has 1 unspecified atom stereocenters. The summed E-state index contributed by atoms with van der Waals surface area (Å²) in [5.41, 5.74) is 4.44. The van der Waals surface area contributed by atoms with E-state index in [4.69, 9.17) is 9.15 Å². The van der Waals surface area contributed by atoms with Gasteiger partial charge in [-0.25, -0.2) is 0 Å². The predicted octanol–water partition coefficient (Wildman–Crippen LogP) is 5.01. The van der Waals surface area contributed by atoms with Gasteiger partial charge in [-0.2, -0.15) is 0 Å². The molecule has 2 aromatic carbocycles. The van der Waals surface area contributed by atoms with Gasteiger partial charge < -0.3 is 14.5 Å². The van der Waals surface area contributed by atoms with Crippen LogP contribution in [0.25, 0.3) is 0 Å². The summed E-state index contributed by atoms with van der Waals surface area (Å²) in [6.07, 6.45) is 1.52. The monoisotopic (exact) mass is 363 g/mol. The molecule has 0 saturated carbocycles. The first-order chi connectivity index (χ1) is 13.0. The van der Waals surface area contributed by atoms with Crippen LogP contribution >= 0.6 is 0 Å². The van der Waals surface area contributed by atoms with Crippen LogP contribution in [0.2, 0.25) is 0 Å². The van der Waals surface area contributed by atoms with Crippen molar-refractivity contribution in [2.75, 3.05) is 6.54 Å². The van der Waals surface area contributed by atoms with E-state index < -0.39 is 0 Å². The van der Waals surface area contributed by atoms with E-state index in [1.807, 2.05) is 30.3 Å². The van der Waals surface area contributed by atoms with Gasteiger partial charge in [0.1, 0.15) is 12.4 Å². The smallest absolute Gasteiger partial charge is 0.287 e. The second-order valence-electron chi connectivity index (χ2n) is 6.85. The Balaban J connectivity index is 1.60. The molecule has 3 aromatic rings. The molecule has 1 aromatic heterocycles. The van der Waals surface area contributed by atoms with E-state index in [0.717, 1.165) is 11.3 Å². The highest BCUT2D eigenvalue weighted by Crippen LogP contribution is 2.21. The molecular weight excluding hydrogens is 338 g/mol. The van der Waals surface area contributed by atoms with Gasteiger partial charge in [-0.1, -0.05) is 48.9 Å². The molecule has 0 radical (unpaired) electrons. The number of benzene rings is 2. The summed E-state index contributed by atoms with van der Waals surface area (Å²) in [7, 11) is 0. The van der Waals surface area contributed by atoms with Gasteiger partial charge in [-0.15, -0.1) is 0 Å². The van der Waals surface area contributed by atoms with Crippen molar-refractivity contribution < 1.29 is 13.9 Å². The summed E-state index contributed by atoms with van der Waals surface area (Å²) in [5.74, 6) is 1.06. The standard InChI is InChI=1S/C23H25NO3/c1-16-9-10-17(2)21(13-16)18(3)14-24-23(25)22-19(11-12-26-22)15-27-20-7-5-4-6-8-20/h4-13,18H,14-15H2,1-3H3,(H,24,25). The SMILES string of the molecule is Cc1ccc(C)c(C(C)CNC(=O)c2occc2COc2ccccc2)c1. The molecule has 27 heavy (non-hydrogen) atoms. The molecule has 0 aliphatic rings. The molecule has 0 fully saturated rings. The van der Waals surface area contributed by atoms with E-state index in [2.05, 4.69) is 44.3 Å². The van der Waals surface area contributed by atoms with Crippen molar-refractivity contribution in [3.8, 4) is 5.75 Å². The minimum atomic E-state index is -0.219. The lowest BCUT2D eigenvalue weighted by molar-refractivity contribution is 0.0920. The minimum absolute atomic E-state index is 0.216. The highest BCUT2D eigenvalue weighted by molar-refractivity contribution is 5.92. The van der Waals surface area contributed by atoms with Gasteiger partial charge in [0.25, 0.3) is 5.91 Å². The molecular formula is C23H25NO3. The second-order valence-corrected chi connectivity index (χ2v) is 6.85. The second kappa shape index (κ2) is 8.58. The fraction of sp³-hybridized carbons (Fsp3) is 0.261. The molecule has 4 nitrogen and oxygen atoms in total. The van der Waals surface area contributed by atoms with Crippen molar-refractivity contribution in [2.45, 2.75) is 33.3 Å². The number of para-hydroxylation sites is 1. The van der Waals surface area contributed by atoms with Gasteiger partial charge in [-0.3, -0.25) is 4.79 Å². The summed E-state index contributed by atoms with van der Waals surface area (Å²) < 4.78 is 11.1. The summed E-state index contributed by atoms with van der Waals surface area (Å²) in [4.78, 5) is 12.6. The molecule has 0 bridgehead atoms. The molecule has 0 aliphatic carbocycles. The fourth-order valence-corrected chi connectivity index (χ4v) is 3.05. The first-order valence-corrected chi connectivity index (χ1v) is 9.14. The highest BCUT2D eigenvalue weighted by atomic mass is 16.5. The lowest BCUT2D eigenvalue weighted by Gasteiger charge is -2.16. The first-order valence-electron chi connectivity index (χ1n) is 9.14. The van der Waals surface area contributed by atoms with Crippen molar-refractivity contribution >= 4 is 5.91 Å². The Morgan fingerprint density at radius 3 is 2.67 bits per heavy atom. The maximum atomic E-state index is 12.6. The molecule has 4 heteroatoms. The maximum Gasteiger partial charge on any atom is 0.287 e. The average molecular weight is 363 g/mol. The van der Waals surface area contributed by atoms with Crippen LogP contribution in [0.4, 0.5) is 0 Å². The Morgan fingerprint density at radius 2 is 1.89 bits per heavy atom. The Hall–Kier alpha value is -3.01. The predicted molar refractivity (Wildman–Crippen MR) is 106 cm³/mol. The third-order valence-corrected chi connectivity index (χ3v) is 4.63. The van der Waals surface area contributed by atoms with Crippen molar-refractivity contribution in [3.05, 3.63) is 88.9 Å². The third-order valence-electron chi connectivity index (χ3n) is 4.63. The molecule has 0 spiro atoms. The number of hydrogen-bond acceptors (Lipinski definition) is 3. The number of hydrogen-bond donors (Lipinski definition) is 1. The first kappa shape index (κ1) is 18.8. The minimum Gasteiger partial charge on any atom is -0.489 e. The quantitative estimate of drug-likeness (QED) is 0.642. The molecule has 1 amide bonds. The number of carbonyl (C=O) groups is 1. The molecule has 0 aliphatic heterocycles. The van der Waals surface area contributed by atoms with Crippen molar-refractivity contribution in [1.29, 1.82) is 0 Å². The summed E-state index contributed by atoms with van der Waals surface area (Å²) >= 11 is 0. The van der Waals surface area contributed by atoms with Gasteiger partial charge in [0.2, 0.25) is 0 Å². The van der Waals surface area contributed by atoms with Gasteiger partial charge in [-0.05, 0) is 49.1 Å². The number of carbonyl (C=O) groups excluding carboxylic acids is 1. The van der Waals surface area contributed by atoms with Crippen LogP contribution in [0.3, 0.4) is 0 Å². The largest absolute Gasteiger partial charge is 0.489 e. The Labute approximate surface area is 160 Å². The molecule has 1 heterocycles. The Kier molecular flexibility index (Phi) is 5.97. The zero-order chi connectivity index (χ0) is 19.2. The highest BCUT2D eigenvalue weighted by Gasteiger charge is 2.17. The Bertz CT molecular complexity index is 899. The van der Waals surface area contributed by atoms with Gasteiger partial charge >= 0.3 is 0 Å². The fourth-order valence-electron chi connectivity index (χ4n) is 3.05. The summed E-state index contributed by atoms with van der Waals surface area (Å²) in [6, 6.07) is 17.7. The van der Waals surface area contributed by atoms with E-state index >= 15 is 0 Å². The van der Waals surface area contributed by atoms with Crippen LogP contribution in [0.5, 0.6) is 5.75 Å². The van der Waals surface area contributed by atoms with E-state index in [1.165, 1.54) is 23.0 Å². The van der Waals surface area contributed by atoms with E-state index in [9.17, 15) is 4.79 Å². The van der Waals surface area contributed by atoms with Crippen LogP contribution in [0, 0.1) is 13.8 Å².